The molecule has 1 rings (SSSR count). The van der Waals surface area contributed by atoms with Crippen molar-refractivity contribution >= 4 is 5.96 Å². The van der Waals surface area contributed by atoms with Crippen LogP contribution in [0.3, 0.4) is 0 Å². The average Bonchev–Trinajstić information content (AvgIpc) is 2.67. The van der Waals surface area contributed by atoms with Crippen LogP contribution in [-0.2, 0) is 4.74 Å². The predicted molar refractivity (Wildman–Crippen MR) is 109 cm³/mol. The van der Waals surface area contributed by atoms with E-state index in [1.807, 2.05) is 6.92 Å². The lowest BCUT2D eigenvalue weighted by Gasteiger charge is -2.16. The minimum absolute atomic E-state index is 0.201. The minimum atomic E-state index is -0.798. The van der Waals surface area contributed by atoms with Gasteiger partial charge in [-0.25, -0.2) is 0 Å². The van der Waals surface area contributed by atoms with Crippen LogP contribution in [-0.4, -0.2) is 58.1 Å². The molecule has 0 aromatic heterocycles. The van der Waals surface area contributed by atoms with Crippen LogP contribution in [0, 0.1) is 5.92 Å². The zero-order chi connectivity index (χ0) is 20.1. The predicted octanol–water partition coefficient (Wildman–Crippen LogP) is 2.35. The zero-order valence-corrected chi connectivity index (χ0v) is 17.2. The minimum Gasteiger partial charge on any atom is -0.497 e. The number of rotatable bonds is 12. The molecule has 7 heteroatoms. The molecular weight excluding hydrogens is 346 g/mol. The number of aliphatic hydroxyl groups excluding tert-OH is 1. The summed E-state index contributed by atoms with van der Waals surface area (Å²) >= 11 is 0. The summed E-state index contributed by atoms with van der Waals surface area (Å²) in [6.07, 6.45) is 0.260. The lowest BCUT2D eigenvalue weighted by atomic mass is 10.1. The highest BCUT2D eigenvalue weighted by Gasteiger charge is 2.14. The number of aliphatic hydroxyl groups is 1. The lowest BCUT2D eigenvalue weighted by molar-refractivity contribution is 0.128. The third kappa shape index (κ3) is 8.97. The van der Waals surface area contributed by atoms with Gasteiger partial charge in [0.05, 0.1) is 27.4 Å². The van der Waals surface area contributed by atoms with Gasteiger partial charge in [0, 0.05) is 25.3 Å². The number of hydrogen-bond donors (Lipinski definition) is 3. The maximum Gasteiger partial charge on any atom is 0.191 e. The van der Waals surface area contributed by atoms with Crippen molar-refractivity contribution in [1.29, 1.82) is 0 Å². The van der Waals surface area contributed by atoms with Gasteiger partial charge in [-0.1, -0.05) is 13.8 Å². The van der Waals surface area contributed by atoms with Crippen molar-refractivity contribution in [2.75, 3.05) is 47.1 Å². The molecule has 1 unspecified atom stereocenters. The van der Waals surface area contributed by atoms with Gasteiger partial charge < -0.3 is 30.0 Å². The van der Waals surface area contributed by atoms with Gasteiger partial charge in [-0.05, 0) is 37.5 Å². The number of aliphatic imine (C=N–C) groups is 1. The summed E-state index contributed by atoms with van der Waals surface area (Å²) in [5.74, 6) is 2.56. The van der Waals surface area contributed by atoms with E-state index in [0.29, 0.717) is 42.1 Å². The average molecular weight is 382 g/mol. The van der Waals surface area contributed by atoms with Gasteiger partial charge in [0.2, 0.25) is 0 Å². The molecule has 0 amide bonds. The molecule has 0 saturated carbocycles. The van der Waals surface area contributed by atoms with Gasteiger partial charge in [-0.15, -0.1) is 0 Å². The Morgan fingerprint density at radius 2 is 1.93 bits per heavy atom. The molecule has 0 heterocycles. The van der Waals surface area contributed by atoms with Crippen LogP contribution >= 0.6 is 0 Å². The van der Waals surface area contributed by atoms with Crippen molar-refractivity contribution in [3.05, 3.63) is 23.8 Å². The first-order valence-electron chi connectivity index (χ1n) is 9.51. The Morgan fingerprint density at radius 3 is 2.56 bits per heavy atom. The van der Waals surface area contributed by atoms with Crippen molar-refractivity contribution in [2.45, 2.75) is 33.3 Å². The summed E-state index contributed by atoms with van der Waals surface area (Å²) in [6.45, 7) is 9.33. The topological polar surface area (TPSA) is 84.3 Å². The normalized spacial score (nSPS) is 12.8. The van der Waals surface area contributed by atoms with E-state index < -0.39 is 6.10 Å². The fourth-order valence-corrected chi connectivity index (χ4v) is 2.38. The zero-order valence-electron chi connectivity index (χ0n) is 17.2. The Hall–Kier alpha value is -1.99. The van der Waals surface area contributed by atoms with Gasteiger partial charge in [0.25, 0.3) is 0 Å². The second-order valence-electron chi connectivity index (χ2n) is 6.56. The Morgan fingerprint density at radius 1 is 1.15 bits per heavy atom. The molecule has 27 heavy (non-hydrogen) atoms. The monoisotopic (exact) mass is 381 g/mol. The van der Waals surface area contributed by atoms with Crippen LogP contribution in [0.1, 0.15) is 38.9 Å². The van der Waals surface area contributed by atoms with E-state index in [-0.39, 0.29) is 6.54 Å². The SMILES string of the molecule is CCNC(=NCC(O)c1cc(OC)ccc1OC)NCCOCCC(C)C. The number of nitrogens with one attached hydrogen (secondary N) is 2. The summed E-state index contributed by atoms with van der Waals surface area (Å²) < 4.78 is 16.2. The van der Waals surface area contributed by atoms with Crippen LogP contribution in [0.15, 0.2) is 23.2 Å². The molecule has 0 aliphatic heterocycles. The van der Waals surface area contributed by atoms with E-state index in [9.17, 15) is 5.11 Å². The summed E-state index contributed by atoms with van der Waals surface area (Å²) in [6, 6.07) is 5.34. The first-order valence-corrected chi connectivity index (χ1v) is 9.51. The quantitative estimate of drug-likeness (QED) is 0.293. The second-order valence-corrected chi connectivity index (χ2v) is 6.56. The maximum absolute atomic E-state index is 10.5. The highest BCUT2D eigenvalue weighted by molar-refractivity contribution is 5.79. The standard InChI is InChI=1S/C20H35N3O4/c1-6-21-20(22-10-12-27-11-9-15(2)3)23-14-18(24)17-13-16(25-4)7-8-19(17)26-5/h7-8,13,15,18,24H,6,9-12,14H2,1-5H3,(H2,21,22,23). The second kappa shape index (κ2) is 13.2. The molecule has 0 fully saturated rings. The van der Waals surface area contributed by atoms with E-state index in [1.54, 1.807) is 32.4 Å². The fourth-order valence-electron chi connectivity index (χ4n) is 2.38. The molecule has 0 aliphatic carbocycles. The first-order chi connectivity index (χ1) is 13.0. The molecule has 3 N–H and O–H groups in total. The number of benzene rings is 1. The molecule has 0 radical (unpaired) electrons. The van der Waals surface area contributed by atoms with Crippen LogP contribution in [0.25, 0.3) is 0 Å². The molecule has 0 aliphatic rings. The molecule has 1 aromatic carbocycles. The number of ether oxygens (including phenoxy) is 3. The van der Waals surface area contributed by atoms with Gasteiger partial charge in [-0.3, -0.25) is 4.99 Å². The third-order valence-corrected chi connectivity index (χ3v) is 3.94. The number of methoxy groups -OCH3 is 2. The van der Waals surface area contributed by atoms with Gasteiger partial charge in [0.15, 0.2) is 5.96 Å². The molecule has 154 valence electrons. The highest BCUT2D eigenvalue weighted by atomic mass is 16.5. The largest absolute Gasteiger partial charge is 0.497 e. The summed E-state index contributed by atoms with van der Waals surface area (Å²) in [4.78, 5) is 4.46. The number of nitrogens with zero attached hydrogens (tertiary/aromatic N) is 1. The van der Waals surface area contributed by atoms with Crippen LogP contribution in [0.5, 0.6) is 11.5 Å². The molecule has 1 atom stereocenters. The van der Waals surface area contributed by atoms with Gasteiger partial charge in [0.1, 0.15) is 17.6 Å². The summed E-state index contributed by atoms with van der Waals surface area (Å²) in [5.41, 5.74) is 0.647. The fraction of sp³-hybridized carbons (Fsp3) is 0.650. The molecule has 0 bridgehead atoms. The molecule has 0 saturated heterocycles. The Balaban J connectivity index is 2.58. The summed E-state index contributed by atoms with van der Waals surface area (Å²) in [5, 5.41) is 16.9. The van der Waals surface area contributed by atoms with E-state index in [0.717, 1.165) is 19.6 Å². The number of guanidine groups is 1. The van der Waals surface area contributed by atoms with Crippen molar-refractivity contribution in [3.8, 4) is 11.5 Å². The number of hydrogen-bond acceptors (Lipinski definition) is 5. The van der Waals surface area contributed by atoms with Gasteiger partial charge >= 0.3 is 0 Å². The Bertz CT molecular complexity index is 564. The smallest absolute Gasteiger partial charge is 0.191 e. The van der Waals surface area contributed by atoms with E-state index in [2.05, 4.69) is 29.5 Å². The maximum atomic E-state index is 10.5. The molecule has 1 aromatic rings. The van der Waals surface area contributed by atoms with Gasteiger partial charge in [-0.2, -0.15) is 0 Å². The lowest BCUT2D eigenvalue weighted by Crippen LogP contribution is -2.39. The Labute approximate surface area is 163 Å². The van der Waals surface area contributed by atoms with Crippen molar-refractivity contribution in [1.82, 2.24) is 10.6 Å². The van der Waals surface area contributed by atoms with Crippen molar-refractivity contribution in [3.63, 3.8) is 0 Å². The van der Waals surface area contributed by atoms with Crippen molar-refractivity contribution < 1.29 is 19.3 Å². The van der Waals surface area contributed by atoms with Crippen LogP contribution in [0.2, 0.25) is 0 Å². The van der Waals surface area contributed by atoms with E-state index in [4.69, 9.17) is 14.2 Å². The summed E-state index contributed by atoms with van der Waals surface area (Å²) in [7, 11) is 3.17. The van der Waals surface area contributed by atoms with E-state index >= 15 is 0 Å². The highest BCUT2D eigenvalue weighted by Crippen LogP contribution is 2.29. The van der Waals surface area contributed by atoms with E-state index in [1.165, 1.54) is 0 Å². The first kappa shape index (κ1) is 23.0. The van der Waals surface area contributed by atoms with Crippen LogP contribution in [0.4, 0.5) is 0 Å². The Kier molecular flexibility index (Phi) is 11.3. The molecular formula is C20H35N3O4. The molecule has 7 nitrogen and oxygen atoms in total. The third-order valence-electron chi connectivity index (χ3n) is 3.94. The van der Waals surface area contributed by atoms with Crippen molar-refractivity contribution in [2.24, 2.45) is 10.9 Å². The van der Waals surface area contributed by atoms with Crippen LogP contribution < -0.4 is 20.1 Å². The molecule has 0 spiro atoms.